The topological polar surface area (TPSA) is 72.2 Å². The van der Waals surface area contributed by atoms with Crippen LogP contribution in [-0.2, 0) is 10.0 Å². The quantitative estimate of drug-likeness (QED) is 0.615. The predicted octanol–water partition coefficient (Wildman–Crippen LogP) is 2.29. The zero-order valence-electron chi connectivity index (χ0n) is 11.2. The Morgan fingerprint density at radius 1 is 1.33 bits per heavy atom. The van der Waals surface area contributed by atoms with E-state index in [0.29, 0.717) is 23.7 Å². The lowest BCUT2D eigenvalue weighted by atomic mass is 10.1. The second kappa shape index (κ2) is 6.20. The molecule has 0 heterocycles. The Morgan fingerprint density at radius 3 is 2.61 bits per heavy atom. The summed E-state index contributed by atoms with van der Waals surface area (Å²) in [5.74, 6) is 0.587. The maximum Gasteiger partial charge on any atom is 0.240 e. The van der Waals surface area contributed by atoms with Crippen LogP contribution in [0.15, 0.2) is 23.1 Å². The first kappa shape index (κ1) is 15.0. The van der Waals surface area contributed by atoms with E-state index in [0.717, 1.165) is 12.8 Å². The summed E-state index contributed by atoms with van der Waals surface area (Å²) < 4.78 is 26.8. The number of nitrogens with two attached hydrogens (primary N) is 1. The molecule has 1 aromatic rings. The number of rotatable bonds is 6. The summed E-state index contributed by atoms with van der Waals surface area (Å²) in [6, 6.07) is 4.94. The van der Waals surface area contributed by atoms with Crippen molar-refractivity contribution in [2.45, 2.75) is 38.5 Å². The summed E-state index contributed by atoms with van der Waals surface area (Å²) in [4.78, 5) is 0.270. The van der Waals surface area contributed by atoms with Gasteiger partial charge in [0, 0.05) is 12.2 Å². The van der Waals surface area contributed by atoms with E-state index in [4.69, 9.17) is 5.73 Å². The van der Waals surface area contributed by atoms with Gasteiger partial charge < -0.3 is 5.73 Å². The van der Waals surface area contributed by atoms with E-state index in [2.05, 4.69) is 18.6 Å². The Balaban J connectivity index is 2.72. The van der Waals surface area contributed by atoms with E-state index >= 15 is 0 Å². The molecule has 0 amide bonds. The van der Waals surface area contributed by atoms with Crippen molar-refractivity contribution in [1.29, 1.82) is 0 Å². The molecule has 18 heavy (non-hydrogen) atoms. The number of sulfonamides is 1. The molecule has 0 fully saturated rings. The maximum absolute atomic E-state index is 12.1. The molecule has 0 aliphatic heterocycles. The van der Waals surface area contributed by atoms with Crippen molar-refractivity contribution in [2.75, 3.05) is 12.3 Å². The van der Waals surface area contributed by atoms with Gasteiger partial charge in [0.05, 0.1) is 4.90 Å². The fourth-order valence-electron chi connectivity index (χ4n) is 1.72. The molecule has 3 N–H and O–H groups in total. The van der Waals surface area contributed by atoms with Crippen molar-refractivity contribution in [3.8, 4) is 0 Å². The van der Waals surface area contributed by atoms with Crippen molar-refractivity contribution in [2.24, 2.45) is 5.92 Å². The molecular formula is C13H22N2O2S. The van der Waals surface area contributed by atoms with Gasteiger partial charge in [-0.15, -0.1) is 0 Å². The third kappa shape index (κ3) is 3.99. The normalized spacial score (nSPS) is 12.0. The number of nitrogens with one attached hydrogen (secondary N) is 1. The monoisotopic (exact) mass is 270 g/mol. The highest BCUT2D eigenvalue weighted by Gasteiger charge is 2.16. The first-order chi connectivity index (χ1) is 8.34. The van der Waals surface area contributed by atoms with Gasteiger partial charge in [-0.2, -0.15) is 0 Å². The number of hydrogen-bond acceptors (Lipinski definition) is 3. The lowest BCUT2D eigenvalue weighted by Gasteiger charge is -2.11. The van der Waals surface area contributed by atoms with Crippen LogP contribution in [0.4, 0.5) is 5.69 Å². The third-order valence-corrected chi connectivity index (χ3v) is 4.47. The van der Waals surface area contributed by atoms with Crippen LogP contribution in [0.5, 0.6) is 0 Å². The van der Waals surface area contributed by atoms with Gasteiger partial charge in [-0.1, -0.05) is 19.9 Å². The molecule has 5 heteroatoms. The van der Waals surface area contributed by atoms with Crippen molar-refractivity contribution in [3.63, 3.8) is 0 Å². The van der Waals surface area contributed by atoms with Crippen LogP contribution in [0, 0.1) is 12.8 Å². The number of hydrogen-bond donors (Lipinski definition) is 2. The van der Waals surface area contributed by atoms with Gasteiger partial charge in [-0.05, 0) is 43.4 Å². The highest BCUT2D eigenvalue weighted by Crippen LogP contribution is 2.20. The summed E-state index contributed by atoms with van der Waals surface area (Å²) in [5, 5.41) is 0. The number of benzene rings is 1. The van der Waals surface area contributed by atoms with Crippen molar-refractivity contribution in [1.82, 2.24) is 4.72 Å². The van der Waals surface area contributed by atoms with E-state index in [-0.39, 0.29) is 4.90 Å². The van der Waals surface area contributed by atoms with Crippen LogP contribution in [0.1, 0.15) is 32.3 Å². The third-order valence-electron chi connectivity index (χ3n) is 2.87. The minimum Gasteiger partial charge on any atom is -0.398 e. The highest BCUT2D eigenvalue weighted by molar-refractivity contribution is 7.89. The largest absolute Gasteiger partial charge is 0.398 e. The lowest BCUT2D eigenvalue weighted by molar-refractivity contribution is 0.539. The van der Waals surface area contributed by atoms with Crippen LogP contribution in [0.25, 0.3) is 0 Å². The van der Waals surface area contributed by atoms with Gasteiger partial charge in [-0.25, -0.2) is 13.1 Å². The molecule has 4 nitrogen and oxygen atoms in total. The Kier molecular flexibility index (Phi) is 5.16. The Labute approximate surface area is 110 Å². The van der Waals surface area contributed by atoms with Gasteiger partial charge in [0.15, 0.2) is 0 Å². The lowest BCUT2D eigenvalue weighted by Crippen LogP contribution is -2.26. The van der Waals surface area contributed by atoms with E-state index in [9.17, 15) is 8.42 Å². The SMILES string of the molecule is Cc1c(N)cccc1S(=O)(=O)NCCCC(C)C. The van der Waals surface area contributed by atoms with E-state index in [1.54, 1.807) is 25.1 Å². The molecule has 102 valence electrons. The summed E-state index contributed by atoms with van der Waals surface area (Å²) in [5.41, 5.74) is 6.83. The van der Waals surface area contributed by atoms with Gasteiger partial charge in [-0.3, -0.25) is 0 Å². The van der Waals surface area contributed by atoms with Gasteiger partial charge in [0.25, 0.3) is 0 Å². The summed E-state index contributed by atoms with van der Waals surface area (Å²) >= 11 is 0. The molecule has 0 bridgehead atoms. The van der Waals surface area contributed by atoms with Crippen molar-refractivity contribution < 1.29 is 8.42 Å². The fourth-order valence-corrected chi connectivity index (χ4v) is 3.06. The smallest absolute Gasteiger partial charge is 0.240 e. The minimum atomic E-state index is -3.44. The maximum atomic E-state index is 12.1. The predicted molar refractivity (Wildman–Crippen MR) is 74.9 cm³/mol. The van der Waals surface area contributed by atoms with Crippen LogP contribution in [0.3, 0.4) is 0 Å². The second-order valence-electron chi connectivity index (χ2n) is 4.90. The van der Waals surface area contributed by atoms with E-state index in [1.807, 2.05) is 0 Å². The van der Waals surface area contributed by atoms with Crippen molar-refractivity contribution in [3.05, 3.63) is 23.8 Å². The average molecular weight is 270 g/mol. The minimum absolute atomic E-state index is 0.270. The molecule has 0 atom stereocenters. The zero-order valence-corrected chi connectivity index (χ0v) is 12.0. The molecule has 0 saturated heterocycles. The standard InChI is InChI=1S/C13H22N2O2S/c1-10(2)6-5-9-15-18(16,17)13-8-4-7-12(14)11(13)3/h4,7-8,10,15H,5-6,9,14H2,1-3H3. The van der Waals surface area contributed by atoms with Gasteiger partial charge in [0.1, 0.15) is 0 Å². The van der Waals surface area contributed by atoms with Gasteiger partial charge >= 0.3 is 0 Å². The molecule has 1 rings (SSSR count). The Hall–Kier alpha value is -1.07. The average Bonchev–Trinajstić information content (AvgIpc) is 2.28. The van der Waals surface area contributed by atoms with Crippen LogP contribution >= 0.6 is 0 Å². The van der Waals surface area contributed by atoms with E-state index < -0.39 is 10.0 Å². The summed E-state index contributed by atoms with van der Waals surface area (Å²) in [6.45, 7) is 6.43. The van der Waals surface area contributed by atoms with Gasteiger partial charge in [0.2, 0.25) is 10.0 Å². The molecule has 0 aromatic heterocycles. The highest BCUT2D eigenvalue weighted by atomic mass is 32.2. The zero-order chi connectivity index (χ0) is 13.8. The van der Waals surface area contributed by atoms with E-state index in [1.165, 1.54) is 0 Å². The van der Waals surface area contributed by atoms with Crippen LogP contribution in [-0.4, -0.2) is 15.0 Å². The summed E-state index contributed by atoms with van der Waals surface area (Å²) in [6.07, 6.45) is 1.86. The first-order valence-electron chi connectivity index (χ1n) is 6.19. The Morgan fingerprint density at radius 2 is 2.00 bits per heavy atom. The first-order valence-corrected chi connectivity index (χ1v) is 7.67. The fraction of sp³-hybridized carbons (Fsp3) is 0.538. The number of anilines is 1. The summed E-state index contributed by atoms with van der Waals surface area (Å²) in [7, 11) is -3.44. The molecule has 0 radical (unpaired) electrons. The Bertz CT molecular complexity index is 496. The molecule has 1 aromatic carbocycles. The molecule has 0 aliphatic carbocycles. The molecule has 0 unspecified atom stereocenters. The molecule has 0 aliphatic rings. The molecule has 0 spiro atoms. The molecule has 0 saturated carbocycles. The van der Waals surface area contributed by atoms with Crippen molar-refractivity contribution >= 4 is 15.7 Å². The number of nitrogen functional groups attached to an aromatic ring is 1. The van der Waals surface area contributed by atoms with Crippen LogP contribution < -0.4 is 10.5 Å². The van der Waals surface area contributed by atoms with Crippen LogP contribution in [0.2, 0.25) is 0 Å². The second-order valence-corrected chi connectivity index (χ2v) is 6.64. The molecular weight excluding hydrogens is 248 g/mol.